The molecule has 1 heterocycles. The summed E-state index contributed by atoms with van der Waals surface area (Å²) in [5.74, 6) is -2.82. The first-order chi connectivity index (χ1) is 12.9. The average molecular weight is 395 g/mol. The SMILES string of the molecule is O=C(N[C@H]1CCCNC1)c1ccccc1NS(=O)(=O)c1ccc(F)c(F)c1. The van der Waals surface area contributed by atoms with Gasteiger partial charge in [0.1, 0.15) is 0 Å². The zero-order chi connectivity index (χ0) is 19.4. The summed E-state index contributed by atoms with van der Waals surface area (Å²) in [7, 11) is -4.19. The number of benzene rings is 2. The van der Waals surface area contributed by atoms with Gasteiger partial charge in [-0.25, -0.2) is 17.2 Å². The second-order valence-corrected chi connectivity index (χ2v) is 7.93. The highest BCUT2D eigenvalue weighted by Gasteiger charge is 2.22. The Labute approximate surface area is 156 Å². The van der Waals surface area contributed by atoms with Crippen molar-refractivity contribution in [3.63, 3.8) is 0 Å². The van der Waals surface area contributed by atoms with Crippen molar-refractivity contribution in [2.24, 2.45) is 0 Å². The standard InChI is InChI=1S/C18H19F2N3O3S/c19-15-8-7-13(10-16(15)20)27(25,26)23-17-6-2-1-5-14(17)18(24)22-12-4-3-9-21-11-12/h1-2,5-8,10,12,21,23H,3-4,9,11H2,(H,22,24)/t12-/m0/s1. The number of nitrogens with one attached hydrogen (secondary N) is 3. The number of halogens is 2. The zero-order valence-corrected chi connectivity index (χ0v) is 15.2. The van der Waals surface area contributed by atoms with Gasteiger partial charge in [-0.2, -0.15) is 0 Å². The molecule has 0 saturated carbocycles. The van der Waals surface area contributed by atoms with Crippen molar-refractivity contribution < 1.29 is 22.0 Å². The van der Waals surface area contributed by atoms with Gasteiger partial charge in [0, 0.05) is 12.6 Å². The van der Waals surface area contributed by atoms with Gasteiger partial charge < -0.3 is 10.6 Å². The molecule has 0 aromatic heterocycles. The fourth-order valence-electron chi connectivity index (χ4n) is 2.86. The van der Waals surface area contributed by atoms with Crippen LogP contribution in [0.15, 0.2) is 47.4 Å². The molecule has 2 aromatic carbocycles. The van der Waals surface area contributed by atoms with E-state index in [4.69, 9.17) is 0 Å². The van der Waals surface area contributed by atoms with Crippen LogP contribution in [0.2, 0.25) is 0 Å². The predicted molar refractivity (Wildman–Crippen MR) is 97.0 cm³/mol. The van der Waals surface area contributed by atoms with Crippen LogP contribution >= 0.6 is 0 Å². The minimum atomic E-state index is -4.19. The molecule has 1 aliphatic heterocycles. The number of para-hydroxylation sites is 1. The van der Waals surface area contributed by atoms with E-state index in [9.17, 15) is 22.0 Å². The second-order valence-electron chi connectivity index (χ2n) is 6.24. The number of sulfonamides is 1. The topological polar surface area (TPSA) is 87.3 Å². The van der Waals surface area contributed by atoms with Crippen molar-refractivity contribution in [1.29, 1.82) is 0 Å². The number of carbonyl (C=O) groups excluding carboxylic acids is 1. The van der Waals surface area contributed by atoms with Crippen LogP contribution in [0.4, 0.5) is 14.5 Å². The molecule has 27 heavy (non-hydrogen) atoms. The van der Waals surface area contributed by atoms with E-state index in [2.05, 4.69) is 15.4 Å². The molecule has 1 saturated heterocycles. The van der Waals surface area contributed by atoms with Crippen LogP contribution in [0.5, 0.6) is 0 Å². The van der Waals surface area contributed by atoms with E-state index in [1.54, 1.807) is 12.1 Å². The maximum Gasteiger partial charge on any atom is 0.262 e. The van der Waals surface area contributed by atoms with Gasteiger partial charge in [-0.15, -0.1) is 0 Å². The van der Waals surface area contributed by atoms with E-state index < -0.39 is 32.5 Å². The molecule has 1 fully saturated rings. The fourth-order valence-corrected chi connectivity index (χ4v) is 3.95. The zero-order valence-electron chi connectivity index (χ0n) is 14.3. The summed E-state index contributed by atoms with van der Waals surface area (Å²) in [6.07, 6.45) is 1.77. The number of anilines is 1. The molecule has 1 amide bonds. The summed E-state index contributed by atoms with van der Waals surface area (Å²) >= 11 is 0. The lowest BCUT2D eigenvalue weighted by Gasteiger charge is -2.24. The predicted octanol–water partition coefficient (Wildman–Crippen LogP) is 2.25. The van der Waals surface area contributed by atoms with Gasteiger partial charge in [-0.3, -0.25) is 9.52 Å². The number of carbonyl (C=O) groups is 1. The first-order valence-electron chi connectivity index (χ1n) is 8.45. The molecule has 0 bridgehead atoms. The first-order valence-corrected chi connectivity index (χ1v) is 9.93. The quantitative estimate of drug-likeness (QED) is 0.725. The van der Waals surface area contributed by atoms with Gasteiger partial charge in [0.2, 0.25) is 0 Å². The molecule has 1 aliphatic rings. The Balaban J connectivity index is 1.82. The summed E-state index contributed by atoms with van der Waals surface area (Å²) in [6.45, 7) is 1.55. The van der Waals surface area contributed by atoms with Crippen molar-refractivity contribution in [2.75, 3.05) is 17.8 Å². The van der Waals surface area contributed by atoms with Crippen LogP contribution in [0, 0.1) is 11.6 Å². The number of piperidine rings is 1. The van der Waals surface area contributed by atoms with E-state index in [0.29, 0.717) is 12.6 Å². The third-order valence-corrected chi connectivity index (χ3v) is 5.61. The molecule has 3 N–H and O–H groups in total. The first kappa shape index (κ1) is 19.2. The summed E-state index contributed by atoms with van der Waals surface area (Å²) in [5.41, 5.74) is 0.206. The van der Waals surface area contributed by atoms with Crippen molar-refractivity contribution in [3.05, 3.63) is 59.7 Å². The lowest BCUT2D eigenvalue weighted by atomic mass is 10.1. The number of amides is 1. The van der Waals surface area contributed by atoms with Crippen molar-refractivity contribution in [3.8, 4) is 0 Å². The van der Waals surface area contributed by atoms with Crippen molar-refractivity contribution in [1.82, 2.24) is 10.6 Å². The van der Waals surface area contributed by atoms with Crippen LogP contribution in [0.3, 0.4) is 0 Å². The van der Waals surface area contributed by atoms with Crippen LogP contribution in [-0.4, -0.2) is 33.5 Å². The Hall–Kier alpha value is -2.52. The molecule has 0 radical (unpaired) electrons. The van der Waals surface area contributed by atoms with E-state index in [1.165, 1.54) is 12.1 Å². The Morgan fingerprint density at radius 2 is 1.89 bits per heavy atom. The lowest BCUT2D eigenvalue weighted by molar-refractivity contribution is 0.0931. The molecule has 2 aromatic rings. The highest BCUT2D eigenvalue weighted by Crippen LogP contribution is 2.21. The number of hydrogen-bond donors (Lipinski definition) is 3. The van der Waals surface area contributed by atoms with Gasteiger partial charge in [0.05, 0.1) is 16.1 Å². The van der Waals surface area contributed by atoms with Gasteiger partial charge in [0.15, 0.2) is 11.6 Å². The smallest absolute Gasteiger partial charge is 0.262 e. The summed E-state index contributed by atoms with van der Waals surface area (Å²) in [4.78, 5) is 12.1. The molecular formula is C18H19F2N3O3S. The highest BCUT2D eigenvalue weighted by molar-refractivity contribution is 7.92. The average Bonchev–Trinajstić information content (AvgIpc) is 2.65. The Kier molecular flexibility index (Phi) is 5.71. The number of rotatable bonds is 5. The Bertz CT molecular complexity index is 945. The number of hydrogen-bond acceptors (Lipinski definition) is 4. The molecule has 0 unspecified atom stereocenters. The van der Waals surface area contributed by atoms with Crippen molar-refractivity contribution >= 4 is 21.6 Å². The van der Waals surface area contributed by atoms with Gasteiger partial charge in [0.25, 0.3) is 15.9 Å². The lowest BCUT2D eigenvalue weighted by Crippen LogP contribution is -2.45. The molecule has 9 heteroatoms. The largest absolute Gasteiger partial charge is 0.348 e. The Morgan fingerprint density at radius 1 is 1.11 bits per heavy atom. The second kappa shape index (κ2) is 8.01. The normalized spacial score (nSPS) is 17.3. The van der Waals surface area contributed by atoms with E-state index >= 15 is 0 Å². The van der Waals surface area contributed by atoms with E-state index in [0.717, 1.165) is 31.5 Å². The molecule has 0 spiro atoms. The molecule has 1 atom stereocenters. The van der Waals surface area contributed by atoms with Crippen molar-refractivity contribution in [2.45, 2.75) is 23.8 Å². The maximum atomic E-state index is 13.4. The summed E-state index contributed by atoms with van der Waals surface area (Å²) in [6, 6.07) is 8.36. The van der Waals surface area contributed by atoms with Crippen LogP contribution in [0.25, 0.3) is 0 Å². The molecule has 3 rings (SSSR count). The van der Waals surface area contributed by atoms with Gasteiger partial charge in [-0.1, -0.05) is 12.1 Å². The minimum Gasteiger partial charge on any atom is -0.348 e. The highest BCUT2D eigenvalue weighted by atomic mass is 32.2. The van der Waals surface area contributed by atoms with Crippen LogP contribution < -0.4 is 15.4 Å². The molecule has 6 nitrogen and oxygen atoms in total. The molecule has 0 aliphatic carbocycles. The van der Waals surface area contributed by atoms with Gasteiger partial charge >= 0.3 is 0 Å². The third kappa shape index (κ3) is 4.61. The third-order valence-electron chi connectivity index (χ3n) is 4.25. The van der Waals surface area contributed by atoms with Crippen LogP contribution in [-0.2, 0) is 10.0 Å². The van der Waals surface area contributed by atoms with E-state index in [-0.39, 0.29) is 17.3 Å². The molecular weight excluding hydrogens is 376 g/mol. The molecule has 144 valence electrons. The Morgan fingerprint density at radius 3 is 2.59 bits per heavy atom. The fraction of sp³-hybridized carbons (Fsp3) is 0.278. The van der Waals surface area contributed by atoms with E-state index in [1.807, 2.05) is 0 Å². The monoisotopic (exact) mass is 395 g/mol. The van der Waals surface area contributed by atoms with Crippen LogP contribution in [0.1, 0.15) is 23.2 Å². The minimum absolute atomic E-state index is 0.0397. The maximum absolute atomic E-state index is 13.4. The summed E-state index contributed by atoms with van der Waals surface area (Å²) in [5, 5.41) is 6.06. The van der Waals surface area contributed by atoms with Gasteiger partial charge in [-0.05, 0) is 49.7 Å². The summed E-state index contributed by atoms with van der Waals surface area (Å²) < 4.78 is 53.7.